The predicted molar refractivity (Wildman–Crippen MR) is 81.0 cm³/mol. The number of nitrogens with zero attached hydrogens (tertiary/aromatic N) is 3. The molecule has 0 saturated heterocycles. The summed E-state index contributed by atoms with van der Waals surface area (Å²) < 4.78 is 7.70. The van der Waals surface area contributed by atoms with Gasteiger partial charge in [-0.3, -0.25) is 0 Å². The zero-order valence-corrected chi connectivity index (χ0v) is 13.1. The van der Waals surface area contributed by atoms with Crippen LogP contribution in [-0.4, -0.2) is 19.9 Å². The quantitative estimate of drug-likeness (QED) is 0.888. The molecule has 0 amide bonds. The summed E-state index contributed by atoms with van der Waals surface area (Å²) in [5, 5.41) is 14.1. The first-order valence-corrected chi connectivity index (χ1v) is 7.25. The zero-order chi connectivity index (χ0) is 15.4. The molecule has 1 atom stereocenters. The Morgan fingerprint density at radius 1 is 1.29 bits per heavy atom. The van der Waals surface area contributed by atoms with Gasteiger partial charge in [0.05, 0.1) is 6.10 Å². The minimum absolute atomic E-state index is 0.343. The molecular formula is C16H23N3O2. The van der Waals surface area contributed by atoms with Gasteiger partial charge in [0, 0.05) is 12.1 Å². The van der Waals surface area contributed by atoms with E-state index in [9.17, 15) is 5.11 Å². The number of ether oxygens (including phenoxy) is 1. The minimum atomic E-state index is -0.562. The summed E-state index contributed by atoms with van der Waals surface area (Å²) in [4.78, 5) is 4.24. The largest absolute Gasteiger partial charge is 0.485 e. The fourth-order valence-corrected chi connectivity index (χ4v) is 2.17. The Kier molecular flexibility index (Phi) is 4.96. The molecule has 1 aromatic carbocycles. The van der Waals surface area contributed by atoms with Gasteiger partial charge in [0.1, 0.15) is 18.7 Å². The van der Waals surface area contributed by atoms with Gasteiger partial charge < -0.3 is 9.84 Å². The van der Waals surface area contributed by atoms with E-state index in [2.05, 4.69) is 23.9 Å². The van der Waals surface area contributed by atoms with Crippen LogP contribution in [0.1, 0.15) is 43.8 Å². The molecule has 0 aliphatic carbocycles. The second kappa shape index (κ2) is 6.72. The fraction of sp³-hybridized carbons (Fsp3) is 0.500. The van der Waals surface area contributed by atoms with E-state index in [4.69, 9.17) is 4.74 Å². The Balaban J connectivity index is 2.12. The highest BCUT2D eigenvalue weighted by atomic mass is 16.5. The first kappa shape index (κ1) is 15.5. The molecule has 0 aliphatic rings. The fourth-order valence-electron chi connectivity index (χ4n) is 2.17. The average Bonchev–Trinajstić information content (AvgIpc) is 2.83. The number of aliphatic hydroxyl groups excluding tert-OH is 1. The molecule has 1 N–H and O–H groups in total. The van der Waals surface area contributed by atoms with E-state index >= 15 is 0 Å². The van der Waals surface area contributed by atoms with E-state index in [1.165, 1.54) is 0 Å². The molecule has 0 spiro atoms. The highest BCUT2D eigenvalue weighted by Crippen LogP contribution is 2.26. The van der Waals surface area contributed by atoms with Gasteiger partial charge in [0.15, 0.2) is 5.82 Å². The Morgan fingerprint density at radius 3 is 2.71 bits per heavy atom. The first-order valence-electron chi connectivity index (χ1n) is 7.25. The Bertz CT molecular complexity index is 591. The highest BCUT2D eigenvalue weighted by molar-refractivity contribution is 5.38. The molecule has 0 aliphatic heterocycles. The molecule has 5 nitrogen and oxygen atoms in total. The first-order chi connectivity index (χ1) is 9.97. The van der Waals surface area contributed by atoms with Gasteiger partial charge in [-0.05, 0) is 31.9 Å². The van der Waals surface area contributed by atoms with Gasteiger partial charge >= 0.3 is 0 Å². The van der Waals surface area contributed by atoms with Crippen molar-refractivity contribution < 1.29 is 9.84 Å². The Labute approximate surface area is 125 Å². The molecule has 0 saturated carbocycles. The van der Waals surface area contributed by atoms with E-state index in [-0.39, 0.29) is 0 Å². The van der Waals surface area contributed by atoms with Crippen molar-refractivity contribution in [2.24, 2.45) is 5.92 Å². The van der Waals surface area contributed by atoms with E-state index in [0.717, 1.165) is 23.5 Å². The lowest BCUT2D eigenvalue weighted by molar-refractivity contribution is 0.188. The number of aryl methyl sites for hydroxylation is 1. The van der Waals surface area contributed by atoms with Crippen molar-refractivity contribution in [1.82, 2.24) is 14.8 Å². The topological polar surface area (TPSA) is 60.2 Å². The minimum Gasteiger partial charge on any atom is -0.485 e. The molecule has 2 rings (SSSR count). The van der Waals surface area contributed by atoms with E-state index < -0.39 is 6.10 Å². The van der Waals surface area contributed by atoms with Crippen LogP contribution in [0.15, 0.2) is 24.5 Å². The van der Waals surface area contributed by atoms with Crippen LogP contribution >= 0.6 is 0 Å². The lowest BCUT2D eigenvalue weighted by Gasteiger charge is -2.15. The SMILES string of the molecule is Cc1ccc(OCc2ncnn2CC(C)C)c([C@H](C)O)c1. The van der Waals surface area contributed by atoms with Crippen molar-refractivity contribution in [3.05, 3.63) is 41.5 Å². The van der Waals surface area contributed by atoms with Crippen molar-refractivity contribution in [3.63, 3.8) is 0 Å². The van der Waals surface area contributed by atoms with Crippen LogP contribution in [-0.2, 0) is 13.2 Å². The molecule has 0 radical (unpaired) electrons. The maximum atomic E-state index is 9.85. The van der Waals surface area contributed by atoms with Crippen LogP contribution in [0.4, 0.5) is 0 Å². The zero-order valence-electron chi connectivity index (χ0n) is 13.1. The smallest absolute Gasteiger partial charge is 0.164 e. The van der Waals surface area contributed by atoms with Crippen LogP contribution in [0.3, 0.4) is 0 Å². The number of aromatic nitrogens is 3. The van der Waals surface area contributed by atoms with Crippen molar-refractivity contribution >= 4 is 0 Å². The molecule has 0 bridgehead atoms. The van der Waals surface area contributed by atoms with Crippen molar-refractivity contribution in [2.45, 2.75) is 47.0 Å². The third-order valence-corrected chi connectivity index (χ3v) is 3.21. The second-order valence-corrected chi connectivity index (χ2v) is 5.76. The maximum Gasteiger partial charge on any atom is 0.164 e. The molecule has 2 aromatic rings. The average molecular weight is 289 g/mol. The lowest BCUT2D eigenvalue weighted by Crippen LogP contribution is -2.12. The van der Waals surface area contributed by atoms with E-state index in [0.29, 0.717) is 18.3 Å². The Morgan fingerprint density at radius 2 is 2.05 bits per heavy atom. The molecule has 0 unspecified atom stereocenters. The van der Waals surface area contributed by atoms with Crippen molar-refractivity contribution in [3.8, 4) is 5.75 Å². The third kappa shape index (κ3) is 4.04. The van der Waals surface area contributed by atoms with Gasteiger partial charge in [-0.15, -0.1) is 0 Å². The Hall–Kier alpha value is -1.88. The van der Waals surface area contributed by atoms with Crippen LogP contribution in [0.25, 0.3) is 0 Å². The molecule has 1 heterocycles. The summed E-state index contributed by atoms with van der Waals surface area (Å²) in [5.74, 6) is 1.98. The standard InChI is InChI=1S/C16H23N3O2/c1-11(2)8-19-16(17-10-18-19)9-21-15-6-5-12(3)7-14(15)13(4)20/h5-7,10-11,13,20H,8-9H2,1-4H3/t13-/m0/s1. The number of hydrogen-bond acceptors (Lipinski definition) is 4. The molecule has 5 heteroatoms. The molecule has 0 fully saturated rings. The molecule has 114 valence electrons. The van der Waals surface area contributed by atoms with E-state index in [1.807, 2.05) is 29.8 Å². The summed E-state index contributed by atoms with van der Waals surface area (Å²) in [6.07, 6.45) is 0.986. The number of hydrogen-bond donors (Lipinski definition) is 1. The lowest BCUT2D eigenvalue weighted by atomic mass is 10.1. The van der Waals surface area contributed by atoms with Gasteiger partial charge in [0.25, 0.3) is 0 Å². The highest BCUT2D eigenvalue weighted by Gasteiger charge is 2.12. The number of rotatable bonds is 6. The molecule has 1 aromatic heterocycles. The molecular weight excluding hydrogens is 266 g/mol. The normalized spacial score (nSPS) is 12.7. The van der Waals surface area contributed by atoms with Crippen LogP contribution in [0, 0.1) is 12.8 Å². The summed E-state index contributed by atoms with van der Waals surface area (Å²) in [6, 6.07) is 5.81. The second-order valence-electron chi connectivity index (χ2n) is 5.76. The van der Waals surface area contributed by atoms with Gasteiger partial charge in [-0.1, -0.05) is 25.5 Å². The summed E-state index contributed by atoms with van der Waals surface area (Å²) >= 11 is 0. The molecule has 21 heavy (non-hydrogen) atoms. The number of benzene rings is 1. The predicted octanol–water partition coefficient (Wildman–Crippen LogP) is 2.87. The van der Waals surface area contributed by atoms with Gasteiger partial charge in [-0.25, -0.2) is 9.67 Å². The van der Waals surface area contributed by atoms with Crippen LogP contribution in [0.2, 0.25) is 0 Å². The number of aliphatic hydroxyl groups is 1. The monoisotopic (exact) mass is 289 g/mol. The van der Waals surface area contributed by atoms with Crippen molar-refractivity contribution in [1.29, 1.82) is 0 Å². The summed E-state index contributed by atoms with van der Waals surface area (Å²) in [6.45, 7) is 9.17. The third-order valence-electron chi connectivity index (χ3n) is 3.21. The maximum absolute atomic E-state index is 9.85. The summed E-state index contributed by atoms with van der Waals surface area (Å²) in [5.41, 5.74) is 1.89. The van der Waals surface area contributed by atoms with Crippen LogP contribution in [0.5, 0.6) is 5.75 Å². The van der Waals surface area contributed by atoms with Crippen LogP contribution < -0.4 is 4.74 Å². The summed E-state index contributed by atoms with van der Waals surface area (Å²) in [7, 11) is 0. The van der Waals surface area contributed by atoms with Gasteiger partial charge in [0.2, 0.25) is 0 Å². The van der Waals surface area contributed by atoms with Crippen molar-refractivity contribution in [2.75, 3.05) is 0 Å². The van der Waals surface area contributed by atoms with Gasteiger partial charge in [-0.2, -0.15) is 5.10 Å². The van der Waals surface area contributed by atoms with E-state index in [1.54, 1.807) is 13.3 Å².